The number of anilines is 1. The van der Waals surface area contributed by atoms with Gasteiger partial charge in [-0.1, -0.05) is 0 Å². The molecule has 2 aromatic rings. The zero-order valence-corrected chi connectivity index (χ0v) is 11.6. The molecule has 0 aliphatic carbocycles. The Bertz CT molecular complexity index is 551. The van der Waals surface area contributed by atoms with Crippen LogP contribution in [0.2, 0.25) is 0 Å². The van der Waals surface area contributed by atoms with Crippen LogP contribution in [-0.2, 0) is 12.8 Å². The second-order valence-electron chi connectivity index (χ2n) is 4.15. The van der Waals surface area contributed by atoms with E-state index in [0.717, 1.165) is 33.5 Å². The van der Waals surface area contributed by atoms with Crippen LogP contribution >= 0.6 is 11.8 Å². The fourth-order valence-electron chi connectivity index (χ4n) is 1.77. The van der Waals surface area contributed by atoms with Crippen LogP contribution in [0.25, 0.3) is 0 Å². The predicted molar refractivity (Wildman–Crippen MR) is 74.9 cm³/mol. The van der Waals surface area contributed by atoms with Crippen LogP contribution < -0.4 is 10.5 Å². The molecule has 0 unspecified atom stereocenters. The van der Waals surface area contributed by atoms with E-state index in [0.29, 0.717) is 0 Å². The van der Waals surface area contributed by atoms with Crippen molar-refractivity contribution < 1.29 is 4.74 Å². The van der Waals surface area contributed by atoms with Crippen LogP contribution in [0, 0.1) is 6.92 Å². The van der Waals surface area contributed by atoms with Crippen LogP contribution in [-0.4, -0.2) is 16.9 Å². The summed E-state index contributed by atoms with van der Waals surface area (Å²) in [5.74, 6) is 1.65. The van der Waals surface area contributed by atoms with Gasteiger partial charge >= 0.3 is 0 Å². The van der Waals surface area contributed by atoms with Gasteiger partial charge in [0.1, 0.15) is 5.75 Å². The van der Waals surface area contributed by atoms with Gasteiger partial charge in [0.15, 0.2) is 0 Å². The normalized spacial score (nSPS) is 10.6. The first-order valence-electron chi connectivity index (χ1n) is 5.65. The summed E-state index contributed by atoms with van der Waals surface area (Å²) in [7, 11) is 3.60. The number of nitrogen functional groups attached to an aromatic ring is 1. The second-order valence-corrected chi connectivity index (χ2v) is 5.15. The van der Waals surface area contributed by atoms with Gasteiger partial charge in [-0.25, -0.2) is 0 Å². The number of hydrogen-bond donors (Lipinski definition) is 1. The lowest BCUT2D eigenvalue weighted by atomic mass is 10.2. The number of nitrogens with zero attached hydrogens (tertiary/aromatic N) is 2. The minimum absolute atomic E-state index is 0.728. The van der Waals surface area contributed by atoms with Crippen LogP contribution in [0.4, 0.5) is 5.69 Å². The monoisotopic (exact) mass is 263 g/mol. The van der Waals surface area contributed by atoms with Crippen molar-refractivity contribution in [3.63, 3.8) is 0 Å². The third-order valence-electron chi connectivity index (χ3n) is 2.57. The first kappa shape index (κ1) is 12.8. The number of rotatable bonds is 4. The number of hydrogen-bond acceptors (Lipinski definition) is 4. The van der Waals surface area contributed by atoms with Crippen molar-refractivity contribution in [2.24, 2.45) is 7.05 Å². The van der Waals surface area contributed by atoms with E-state index in [1.54, 1.807) is 18.9 Å². The zero-order valence-electron chi connectivity index (χ0n) is 10.8. The summed E-state index contributed by atoms with van der Waals surface area (Å²) < 4.78 is 7.10. The van der Waals surface area contributed by atoms with E-state index in [-0.39, 0.29) is 0 Å². The van der Waals surface area contributed by atoms with Crippen molar-refractivity contribution in [3.8, 4) is 5.75 Å². The fraction of sp³-hybridized carbons (Fsp3) is 0.308. The Labute approximate surface area is 111 Å². The van der Waals surface area contributed by atoms with Gasteiger partial charge in [-0.3, -0.25) is 4.68 Å². The van der Waals surface area contributed by atoms with Crippen LogP contribution in [0.1, 0.15) is 11.3 Å². The van der Waals surface area contributed by atoms with Gasteiger partial charge < -0.3 is 10.5 Å². The van der Waals surface area contributed by atoms with Crippen molar-refractivity contribution in [1.29, 1.82) is 0 Å². The SMILES string of the molecule is COc1cc(N)cc(CSc2cc(C)nn2C)c1. The summed E-state index contributed by atoms with van der Waals surface area (Å²) in [5, 5.41) is 5.47. The molecule has 4 nitrogen and oxygen atoms in total. The molecule has 0 aliphatic rings. The van der Waals surface area contributed by atoms with E-state index in [4.69, 9.17) is 10.5 Å². The van der Waals surface area contributed by atoms with E-state index in [9.17, 15) is 0 Å². The van der Waals surface area contributed by atoms with E-state index in [2.05, 4.69) is 11.2 Å². The third-order valence-corrected chi connectivity index (χ3v) is 3.73. The van der Waals surface area contributed by atoms with Crippen LogP contribution in [0.15, 0.2) is 29.3 Å². The lowest BCUT2D eigenvalue weighted by molar-refractivity contribution is 0.414. The molecule has 0 saturated carbocycles. The highest BCUT2D eigenvalue weighted by molar-refractivity contribution is 7.98. The van der Waals surface area contributed by atoms with Gasteiger partial charge in [0.05, 0.1) is 17.8 Å². The molecule has 2 N–H and O–H groups in total. The summed E-state index contributed by atoms with van der Waals surface area (Å²) in [6, 6.07) is 7.88. The van der Waals surface area contributed by atoms with Gasteiger partial charge in [0.25, 0.3) is 0 Å². The van der Waals surface area contributed by atoms with Crippen molar-refractivity contribution >= 4 is 17.4 Å². The molecule has 18 heavy (non-hydrogen) atoms. The first-order valence-corrected chi connectivity index (χ1v) is 6.64. The Morgan fingerprint density at radius 3 is 2.72 bits per heavy atom. The maximum Gasteiger partial charge on any atom is 0.121 e. The van der Waals surface area contributed by atoms with E-state index in [1.807, 2.05) is 36.9 Å². The average molecular weight is 263 g/mol. The Morgan fingerprint density at radius 2 is 2.11 bits per heavy atom. The van der Waals surface area contributed by atoms with Crippen LogP contribution in [0.3, 0.4) is 0 Å². The molecule has 0 fully saturated rings. The largest absolute Gasteiger partial charge is 0.497 e. The van der Waals surface area contributed by atoms with Crippen molar-refractivity contribution in [2.75, 3.05) is 12.8 Å². The van der Waals surface area contributed by atoms with Gasteiger partial charge in [0.2, 0.25) is 0 Å². The lowest BCUT2D eigenvalue weighted by Crippen LogP contribution is -1.94. The third kappa shape index (κ3) is 2.98. The quantitative estimate of drug-likeness (QED) is 0.680. The molecule has 0 amide bonds. The number of thioether (sulfide) groups is 1. The molecular weight excluding hydrogens is 246 g/mol. The molecular formula is C13H17N3OS. The minimum Gasteiger partial charge on any atom is -0.497 e. The molecule has 1 aromatic carbocycles. The Balaban J connectivity index is 2.10. The molecule has 0 bridgehead atoms. The second kappa shape index (κ2) is 5.35. The summed E-state index contributed by atoms with van der Waals surface area (Å²) in [6.45, 7) is 1.99. The number of ether oxygens (including phenoxy) is 1. The molecule has 0 atom stereocenters. The molecule has 5 heteroatoms. The molecule has 1 aromatic heterocycles. The summed E-state index contributed by atoms with van der Waals surface area (Å²) >= 11 is 1.74. The fourth-order valence-corrected chi connectivity index (χ4v) is 2.73. The highest BCUT2D eigenvalue weighted by atomic mass is 32.2. The molecule has 0 spiro atoms. The summed E-state index contributed by atoms with van der Waals surface area (Å²) in [4.78, 5) is 0. The number of aromatic nitrogens is 2. The predicted octanol–water partition coefficient (Wildman–Crippen LogP) is 2.61. The van der Waals surface area contributed by atoms with Crippen molar-refractivity contribution in [2.45, 2.75) is 17.7 Å². The smallest absolute Gasteiger partial charge is 0.121 e. The molecule has 0 saturated heterocycles. The maximum absolute atomic E-state index is 5.83. The average Bonchev–Trinajstić information content (AvgIpc) is 2.64. The Morgan fingerprint density at radius 1 is 1.33 bits per heavy atom. The standard InChI is InChI=1S/C13H17N3OS/c1-9-4-13(16(2)15-9)18-8-10-5-11(14)7-12(6-10)17-3/h4-7H,8,14H2,1-3H3. The zero-order chi connectivity index (χ0) is 13.1. The van der Waals surface area contributed by atoms with E-state index >= 15 is 0 Å². The van der Waals surface area contributed by atoms with Gasteiger partial charge in [0, 0.05) is 24.6 Å². The molecule has 0 radical (unpaired) electrons. The summed E-state index contributed by atoms with van der Waals surface area (Å²) in [6.07, 6.45) is 0. The Kier molecular flexibility index (Phi) is 3.81. The molecule has 1 heterocycles. The van der Waals surface area contributed by atoms with Gasteiger partial charge in [-0.05, 0) is 30.7 Å². The summed E-state index contributed by atoms with van der Waals surface area (Å²) in [5.41, 5.74) is 8.74. The number of aryl methyl sites for hydroxylation is 2. The molecule has 0 aliphatic heterocycles. The van der Waals surface area contributed by atoms with Crippen LogP contribution in [0.5, 0.6) is 5.75 Å². The highest BCUT2D eigenvalue weighted by Crippen LogP contribution is 2.26. The molecule has 2 rings (SSSR count). The van der Waals surface area contributed by atoms with Gasteiger partial charge in [-0.15, -0.1) is 11.8 Å². The number of benzene rings is 1. The van der Waals surface area contributed by atoms with Gasteiger partial charge in [-0.2, -0.15) is 5.10 Å². The maximum atomic E-state index is 5.83. The van der Waals surface area contributed by atoms with Crippen molar-refractivity contribution in [1.82, 2.24) is 9.78 Å². The lowest BCUT2D eigenvalue weighted by Gasteiger charge is -2.06. The first-order chi connectivity index (χ1) is 8.58. The highest BCUT2D eigenvalue weighted by Gasteiger charge is 2.05. The van der Waals surface area contributed by atoms with Crippen molar-refractivity contribution in [3.05, 3.63) is 35.5 Å². The Hall–Kier alpha value is -1.62. The number of nitrogens with two attached hydrogens (primary N) is 1. The van der Waals surface area contributed by atoms with E-state index in [1.165, 1.54) is 0 Å². The minimum atomic E-state index is 0.728. The molecule has 96 valence electrons. The van der Waals surface area contributed by atoms with E-state index < -0.39 is 0 Å². The number of methoxy groups -OCH3 is 1. The topological polar surface area (TPSA) is 53.1 Å².